The van der Waals surface area contributed by atoms with Gasteiger partial charge in [0, 0.05) is 33.2 Å². The van der Waals surface area contributed by atoms with Gasteiger partial charge in [0.1, 0.15) is 11.6 Å². The molecule has 226 valence electrons. The van der Waals surface area contributed by atoms with Crippen LogP contribution >= 0.6 is 0 Å². The summed E-state index contributed by atoms with van der Waals surface area (Å²) in [7, 11) is 0. The predicted molar refractivity (Wildman–Crippen MR) is 175 cm³/mol. The van der Waals surface area contributed by atoms with Crippen LogP contribution in [0.5, 0.6) is 0 Å². The highest BCUT2D eigenvalue weighted by Gasteiger charge is 2.37. The smallest absolute Gasteiger partial charge is 0.309 e. The predicted octanol–water partition coefficient (Wildman–Crippen LogP) is 11.5. The van der Waals surface area contributed by atoms with Gasteiger partial charge in [-0.2, -0.15) is 13.2 Å². The van der Waals surface area contributed by atoms with E-state index in [0.717, 1.165) is 56.9 Å². The highest BCUT2D eigenvalue weighted by Crippen LogP contribution is 2.45. The highest BCUT2D eigenvalue weighted by atomic mass is 19.4. The number of aryl methyl sites for hydroxylation is 2. The molecule has 46 heavy (non-hydrogen) atoms. The van der Waals surface area contributed by atoms with Crippen molar-refractivity contribution in [2.75, 3.05) is 0 Å². The van der Waals surface area contributed by atoms with Crippen LogP contribution < -0.4 is 0 Å². The molecule has 0 N–H and O–H groups in total. The lowest BCUT2D eigenvalue weighted by atomic mass is 9.98. The molecule has 0 spiro atoms. The maximum atomic E-state index is 15.4. The van der Waals surface area contributed by atoms with Crippen molar-refractivity contribution in [3.8, 4) is 22.5 Å². The van der Waals surface area contributed by atoms with Gasteiger partial charge in [-0.15, -0.1) is 0 Å². The van der Waals surface area contributed by atoms with Crippen LogP contribution in [-0.4, -0.2) is 9.13 Å². The summed E-state index contributed by atoms with van der Waals surface area (Å²) >= 11 is 0. The minimum absolute atomic E-state index is 0.123. The van der Waals surface area contributed by atoms with E-state index in [1.165, 1.54) is 6.07 Å². The fourth-order valence-corrected chi connectivity index (χ4v) is 6.79. The molecule has 0 amide bonds. The van der Waals surface area contributed by atoms with Gasteiger partial charge < -0.3 is 9.13 Å². The topological polar surface area (TPSA) is 9.86 Å². The molecule has 0 fully saturated rings. The van der Waals surface area contributed by atoms with Crippen LogP contribution in [0.25, 0.3) is 66.1 Å². The third kappa shape index (κ3) is 4.30. The van der Waals surface area contributed by atoms with Crippen molar-refractivity contribution < 1.29 is 22.0 Å². The van der Waals surface area contributed by atoms with Gasteiger partial charge in [0.15, 0.2) is 0 Å². The number of alkyl halides is 3. The summed E-state index contributed by atoms with van der Waals surface area (Å²) in [5, 5.41) is 3.30. The Hall–Kier alpha value is -5.43. The van der Waals surface area contributed by atoms with Crippen LogP contribution in [0.15, 0.2) is 115 Å². The number of hydrogen-bond acceptors (Lipinski definition) is 0. The fourth-order valence-electron chi connectivity index (χ4n) is 6.79. The number of benzene rings is 6. The van der Waals surface area contributed by atoms with Crippen molar-refractivity contribution in [3.63, 3.8) is 0 Å². The van der Waals surface area contributed by atoms with Gasteiger partial charge in [-0.3, -0.25) is 0 Å². The zero-order valence-corrected chi connectivity index (χ0v) is 24.8. The first-order valence-electron chi connectivity index (χ1n) is 14.8. The average molecular weight is 617 g/mol. The molecule has 7 heteroatoms. The molecule has 0 aliphatic carbocycles. The van der Waals surface area contributed by atoms with E-state index >= 15 is 13.2 Å². The van der Waals surface area contributed by atoms with Gasteiger partial charge in [0.05, 0.1) is 39.0 Å². The Morgan fingerprint density at radius 2 is 0.957 bits per heavy atom. The lowest BCUT2D eigenvalue weighted by Crippen LogP contribution is -2.13. The average Bonchev–Trinajstić information content (AvgIpc) is 3.51. The van der Waals surface area contributed by atoms with Crippen molar-refractivity contribution in [2.24, 2.45) is 0 Å². The third-order valence-electron chi connectivity index (χ3n) is 8.73. The molecule has 0 atom stereocenters. The highest BCUT2D eigenvalue weighted by molar-refractivity contribution is 6.11. The van der Waals surface area contributed by atoms with Crippen LogP contribution in [0.2, 0.25) is 0 Å². The number of rotatable bonds is 3. The summed E-state index contributed by atoms with van der Waals surface area (Å²) in [6.45, 7) is 3.80. The molecular weight excluding hydrogens is 591 g/mol. The normalized spacial score (nSPS) is 12.2. The van der Waals surface area contributed by atoms with Crippen LogP contribution in [0.1, 0.15) is 16.7 Å². The number of fused-ring (bicyclic) bond motifs is 6. The van der Waals surface area contributed by atoms with Crippen LogP contribution in [-0.2, 0) is 6.18 Å². The third-order valence-corrected chi connectivity index (χ3v) is 8.73. The fraction of sp³-hybridized carbons (Fsp3) is 0.0769. The van der Waals surface area contributed by atoms with Gasteiger partial charge in [-0.05, 0) is 79.1 Å². The summed E-state index contributed by atoms with van der Waals surface area (Å²) in [6.07, 6.45) is -4.77. The van der Waals surface area contributed by atoms with Gasteiger partial charge in [-0.1, -0.05) is 60.7 Å². The first-order valence-corrected chi connectivity index (χ1v) is 14.8. The Balaban J connectivity index is 1.59. The second kappa shape index (κ2) is 10.0. The largest absolute Gasteiger partial charge is 0.418 e. The first-order chi connectivity index (χ1) is 22.1. The Kier molecular flexibility index (Phi) is 6.13. The zero-order valence-electron chi connectivity index (χ0n) is 24.8. The zero-order chi connectivity index (χ0) is 31.9. The molecule has 8 rings (SSSR count). The Morgan fingerprint density at radius 1 is 0.478 bits per heavy atom. The number of para-hydroxylation sites is 2. The Labute approximate surface area is 260 Å². The van der Waals surface area contributed by atoms with E-state index in [1.54, 1.807) is 21.3 Å². The van der Waals surface area contributed by atoms with E-state index in [9.17, 15) is 8.78 Å². The number of nitrogens with zero attached hydrogens (tertiary/aromatic N) is 2. The minimum Gasteiger partial charge on any atom is -0.309 e. The molecule has 0 aliphatic rings. The molecule has 8 aromatic rings. The molecular formula is C39H25F5N2. The van der Waals surface area contributed by atoms with Crippen LogP contribution in [0.3, 0.4) is 0 Å². The maximum Gasteiger partial charge on any atom is 0.418 e. The first kappa shape index (κ1) is 28.1. The molecule has 0 unspecified atom stereocenters. The van der Waals surface area contributed by atoms with E-state index < -0.39 is 23.4 Å². The monoisotopic (exact) mass is 616 g/mol. The lowest BCUT2D eigenvalue weighted by Gasteiger charge is -2.22. The van der Waals surface area contributed by atoms with Crippen molar-refractivity contribution in [3.05, 3.63) is 144 Å². The van der Waals surface area contributed by atoms with Gasteiger partial charge >= 0.3 is 6.18 Å². The standard InChI is InChI=1S/C39H25F5N2/c1-22-11-13-29-27-7-3-5-9-33(27)45(35(29)15-22)37-21-32(39(42,43)44)38(20-31(37)24-17-25(40)19-26(41)18-24)46-34-10-6-4-8-28(34)30-14-12-23(2)16-36(30)46/h3-21H,1-2H3. The van der Waals surface area contributed by atoms with Gasteiger partial charge in [0.25, 0.3) is 0 Å². The van der Waals surface area contributed by atoms with E-state index in [-0.39, 0.29) is 22.5 Å². The summed E-state index contributed by atoms with van der Waals surface area (Å²) in [6, 6.07) is 31.9. The number of aromatic nitrogens is 2. The molecule has 0 aliphatic heterocycles. The van der Waals surface area contributed by atoms with Crippen molar-refractivity contribution in [1.82, 2.24) is 9.13 Å². The quantitative estimate of drug-likeness (QED) is 0.175. The molecule has 6 aromatic carbocycles. The Morgan fingerprint density at radius 3 is 1.48 bits per heavy atom. The van der Waals surface area contributed by atoms with E-state index in [1.807, 2.05) is 86.6 Å². The second-order valence-corrected chi connectivity index (χ2v) is 11.8. The van der Waals surface area contributed by atoms with E-state index in [4.69, 9.17) is 0 Å². The SMILES string of the molecule is Cc1ccc2c3ccccc3n(-c3cc(C(F)(F)F)c(-n4c5ccccc5c5ccc(C)cc54)cc3-c3cc(F)cc(F)c3)c2c1. The number of halogens is 5. The molecule has 2 heterocycles. The maximum absolute atomic E-state index is 15.4. The number of hydrogen-bond donors (Lipinski definition) is 0. The summed E-state index contributed by atoms with van der Waals surface area (Å²) in [5.74, 6) is -1.65. The molecule has 0 saturated heterocycles. The molecule has 2 aromatic heterocycles. The molecule has 0 radical (unpaired) electrons. The van der Waals surface area contributed by atoms with Gasteiger partial charge in [0.2, 0.25) is 0 Å². The van der Waals surface area contributed by atoms with Crippen molar-refractivity contribution in [2.45, 2.75) is 20.0 Å². The van der Waals surface area contributed by atoms with Gasteiger partial charge in [-0.25, -0.2) is 8.78 Å². The van der Waals surface area contributed by atoms with Crippen LogP contribution in [0, 0.1) is 25.5 Å². The van der Waals surface area contributed by atoms with Crippen LogP contribution in [0.4, 0.5) is 22.0 Å². The molecule has 0 saturated carbocycles. The summed E-state index contributed by atoms with van der Waals surface area (Å²) < 4.78 is 79.1. The van der Waals surface area contributed by atoms with E-state index in [0.29, 0.717) is 22.1 Å². The second-order valence-electron chi connectivity index (χ2n) is 11.8. The molecule has 2 nitrogen and oxygen atoms in total. The summed E-state index contributed by atoms with van der Waals surface area (Å²) in [4.78, 5) is 0. The summed E-state index contributed by atoms with van der Waals surface area (Å²) in [5.41, 5.74) is 3.89. The van der Waals surface area contributed by atoms with E-state index in [2.05, 4.69) is 0 Å². The molecule has 0 bridgehead atoms. The minimum atomic E-state index is -4.77. The Bertz CT molecular complexity index is 2500. The van der Waals surface area contributed by atoms with Crippen molar-refractivity contribution in [1.29, 1.82) is 0 Å². The van der Waals surface area contributed by atoms with Crippen molar-refractivity contribution >= 4 is 43.6 Å². The lowest BCUT2D eigenvalue weighted by molar-refractivity contribution is -0.137.